The van der Waals surface area contributed by atoms with Crippen LogP contribution in [0.5, 0.6) is 0 Å². The van der Waals surface area contributed by atoms with E-state index in [4.69, 9.17) is 13.9 Å². The lowest BCUT2D eigenvalue weighted by Gasteiger charge is -2.47. The van der Waals surface area contributed by atoms with Gasteiger partial charge in [-0.2, -0.15) is 0 Å². The molecule has 6 heteroatoms. The van der Waals surface area contributed by atoms with Crippen molar-refractivity contribution >= 4 is 20.1 Å². The van der Waals surface area contributed by atoms with Crippen molar-refractivity contribution in [2.45, 2.75) is 121 Å². The number of rotatable bonds is 5. The van der Waals surface area contributed by atoms with Gasteiger partial charge in [-0.05, 0) is 42.3 Å². The summed E-state index contributed by atoms with van der Waals surface area (Å²) in [6.07, 6.45) is 3.89. The van der Waals surface area contributed by atoms with Crippen molar-refractivity contribution < 1.29 is 23.5 Å². The lowest BCUT2D eigenvalue weighted by atomic mass is 9.95. The number of ether oxygens (including phenoxy) is 2. The van der Waals surface area contributed by atoms with Gasteiger partial charge >= 0.3 is 5.97 Å². The average Bonchev–Trinajstić information content (AvgIpc) is 2.57. The van der Waals surface area contributed by atoms with E-state index in [2.05, 4.69) is 41.5 Å². The number of carbonyl (C=O) groups excluding carboxylic acids is 2. The molecule has 0 aliphatic carbocycles. The summed E-state index contributed by atoms with van der Waals surface area (Å²) < 4.78 is 18.5. The molecule has 2 saturated heterocycles. The fourth-order valence-electron chi connectivity index (χ4n) is 5.33. The molecule has 0 aromatic rings. The molecule has 2 heterocycles. The molecule has 5 nitrogen and oxygen atoms in total. The van der Waals surface area contributed by atoms with E-state index in [0.29, 0.717) is 42.5 Å². The van der Waals surface area contributed by atoms with Gasteiger partial charge < -0.3 is 13.9 Å². The lowest BCUT2D eigenvalue weighted by molar-refractivity contribution is -0.154. The van der Waals surface area contributed by atoms with Crippen molar-refractivity contribution in [1.82, 2.24) is 0 Å². The van der Waals surface area contributed by atoms with Gasteiger partial charge in [0.2, 0.25) is 8.32 Å². The first-order valence-electron chi connectivity index (χ1n) is 11.2. The molecule has 0 saturated carbocycles. The van der Waals surface area contributed by atoms with Crippen molar-refractivity contribution in [2.24, 2.45) is 0 Å². The van der Waals surface area contributed by atoms with Gasteiger partial charge in [-0.3, -0.25) is 9.59 Å². The van der Waals surface area contributed by atoms with E-state index >= 15 is 0 Å². The highest BCUT2D eigenvalue weighted by Crippen LogP contribution is 2.44. The SMILES string of the molecule is CC(C)[Si](O[C@H]1C[C@H]2CC(=O)CCCCOC(=O)C[C@@H](C1)O2)(C(C)C)C(C)C. The van der Waals surface area contributed by atoms with E-state index in [1.54, 1.807) is 0 Å². The van der Waals surface area contributed by atoms with Gasteiger partial charge in [0.1, 0.15) is 5.78 Å². The van der Waals surface area contributed by atoms with Crippen LogP contribution in [0.15, 0.2) is 0 Å². The molecule has 2 fully saturated rings. The largest absolute Gasteiger partial charge is 0.466 e. The zero-order valence-corrected chi connectivity index (χ0v) is 19.7. The van der Waals surface area contributed by atoms with Gasteiger partial charge in [-0.25, -0.2) is 0 Å². The van der Waals surface area contributed by atoms with E-state index in [-0.39, 0.29) is 36.5 Å². The Balaban J connectivity index is 2.20. The molecule has 0 amide bonds. The second-order valence-electron chi connectivity index (χ2n) is 9.53. The first-order valence-corrected chi connectivity index (χ1v) is 13.3. The van der Waals surface area contributed by atoms with E-state index in [0.717, 1.165) is 19.3 Å². The summed E-state index contributed by atoms with van der Waals surface area (Å²) in [4.78, 5) is 24.5. The minimum atomic E-state index is -2.02. The highest BCUT2D eigenvalue weighted by atomic mass is 28.4. The smallest absolute Gasteiger partial charge is 0.308 e. The van der Waals surface area contributed by atoms with Crippen LogP contribution < -0.4 is 0 Å². The molecular formula is C22H40O5Si. The van der Waals surface area contributed by atoms with Gasteiger partial charge in [0.15, 0.2) is 0 Å². The van der Waals surface area contributed by atoms with E-state index in [9.17, 15) is 9.59 Å². The maximum Gasteiger partial charge on any atom is 0.308 e. The van der Waals surface area contributed by atoms with Crippen LogP contribution in [-0.2, 0) is 23.5 Å². The summed E-state index contributed by atoms with van der Waals surface area (Å²) in [5.41, 5.74) is 1.51. The van der Waals surface area contributed by atoms with Crippen LogP contribution in [0.25, 0.3) is 0 Å². The van der Waals surface area contributed by atoms with Crippen LogP contribution in [0.2, 0.25) is 16.6 Å². The van der Waals surface area contributed by atoms with Crippen molar-refractivity contribution in [3.05, 3.63) is 0 Å². The molecule has 162 valence electrons. The van der Waals surface area contributed by atoms with Gasteiger partial charge in [0, 0.05) is 12.8 Å². The fourth-order valence-corrected chi connectivity index (χ4v) is 10.9. The molecule has 2 bridgehead atoms. The van der Waals surface area contributed by atoms with Crippen molar-refractivity contribution in [3.63, 3.8) is 0 Å². The van der Waals surface area contributed by atoms with Gasteiger partial charge in [0.05, 0.1) is 31.3 Å². The lowest BCUT2D eigenvalue weighted by Crippen LogP contribution is -2.52. The third-order valence-corrected chi connectivity index (χ3v) is 12.6. The van der Waals surface area contributed by atoms with Gasteiger partial charge in [0.25, 0.3) is 0 Å². The summed E-state index contributed by atoms with van der Waals surface area (Å²) in [5.74, 6) is 0.0489. The molecule has 0 spiro atoms. The number of hydrogen-bond donors (Lipinski definition) is 0. The fraction of sp³-hybridized carbons (Fsp3) is 0.909. The zero-order chi connectivity index (χ0) is 20.9. The molecule has 0 unspecified atom stereocenters. The van der Waals surface area contributed by atoms with Crippen LogP contribution >= 0.6 is 0 Å². The highest BCUT2D eigenvalue weighted by Gasteiger charge is 2.48. The second kappa shape index (κ2) is 10.3. The van der Waals surface area contributed by atoms with Crippen LogP contribution in [0, 0.1) is 0 Å². The predicted octanol–water partition coefficient (Wildman–Crippen LogP) is 5.17. The Labute approximate surface area is 172 Å². The molecular weight excluding hydrogens is 372 g/mol. The van der Waals surface area contributed by atoms with Crippen LogP contribution in [0.1, 0.15) is 86.5 Å². The number of fused-ring (bicyclic) bond motifs is 2. The summed E-state index contributed by atoms with van der Waals surface area (Å²) >= 11 is 0. The maximum absolute atomic E-state index is 12.4. The number of Topliss-reactive ketones (excluding diaryl/α,β-unsaturated/α-hetero) is 1. The number of ketones is 1. The summed E-state index contributed by atoms with van der Waals surface area (Å²) in [5, 5.41) is 0. The maximum atomic E-state index is 12.4. The van der Waals surface area contributed by atoms with E-state index < -0.39 is 8.32 Å². The number of esters is 1. The molecule has 0 aromatic carbocycles. The Morgan fingerprint density at radius 1 is 0.893 bits per heavy atom. The van der Waals surface area contributed by atoms with Crippen molar-refractivity contribution in [2.75, 3.05) is 6.61 Å². The van der Waals surface area contributed by atoms with Gasteiger partial charge in [-0.15, -0.1) is 0 Å². The Bertz CT molecular complexity index is 481. The standard InChI is InChI=1S/C22H40O5Si/c1-15(2)28(16(3)4,17(5)6)27-21-12-19-11-18(23)9-7-8-10-25-22(24)14-20(13-21)26-19/h15-17,19-21H,7-14H2,1-6H3/t19-,20-,21+/m1/s1. The Morgan fingerprint density at radius 2 is 1.46 bits per heavy atom. The Hall–Kier alpha value is -0.723. The van der Waals surface area contributed by atoms with Crippen LogP contribution in [0.3, 0.4) is 0 Å². The van der Waals surface area contributed by atoms with Crippen LogP contribution in [-0.4, -0.2) is 45.0 Å². The van der Waals surface area contributed by atoms with Gasteiger partial charge in [-0.1, -0.05) is 41.5 Å². The Morgan fingerprint density at radius 3 is 2.04 bits per heavy atom. The molecule has 28 heavy (non-hydrogen) atoms. The highest BCUT2D eigenvalue weighted by molar-refractivity contribution is 6.77. The monoisotopic (exact) mass is 412 g/mol. The number of carbonyl (C=O) groups is 2. The minimum absolute atomic E-state index is 0.0474. The molecule has 2 aliphatic rings. The predicted molar refractivity (Wildman–Crippen MR) is 113 cm³/mol. The molecule has 0 N–H and O–H groups in total. The molecule has 0 aromatic heterocycles. The third-order valence-electron chi connectivity index (χ3n) is 6.48. The van der Waals surface area contributed by atoms with Crippen LogP contribution in [0.4, 0.5) is 0 Å². The summed E-state index contributed by atoms with van der Waals surface area (Å²) in [6.45, 7) is 14.1. The van der Waals surface area contributed by atoms with E-state index in [1.165, 1.54) is 0 Å². The second-order valence-corrected chi connectivity index (χ2v) is 14.9. The first kappa shape index (κ1) is 23.6. The quantitative estimate of drug-likeness (QED) is 0.460. The molecule has 2 aliphatic heterocycles. The molecule has 0 radical (unpaired) electrons. The van der Waals surface area contributed by atoms with Crippen molar-refractivity contribution in [1.29, 1.82) is 0 Å². The van der Waals surface area contributed by atoms with Crippen molar-refractivity contribution in [3.8, 4) is 0 Å². The zero-order valence-electron chi connectivity index (χ0n) is 18.7. The first-order chi connectivity index (χ1) is 13.1. The number of hydrogen-bond acceptors (Lipinski definition) is 5. The third kappa shape index (κ3) is 5.89. The summed E-state index contributed by atoms with van der Waals surface area (Å²) in [7, 11) is -2.02. The molecule has 3 atom stereocenters. The van der Waals surface area contributed by atoms with E-state index in [1.807, 2.05) is 0 Å². The summed E-state index contributed by atoms with van der Waals surface area (Å²) in [6, 6.07) is 0. The molecule has 2 rings (SSSR count). The number of cyclic esters (lactones) is 1. The minimum Gasteiger partial charge on any atom is -0.466 e. The average molecular weight is 413 g/mol. The topological polar surface area (TPSA) is 61.8 Å². The Kier molecular flexibility index (Phi) is 8.71. The normalized spacial score (nSPS) is 28.2.